The van der Waals surface area contributed by atoms with Crippen LogP contribution in [0.1, 0.15) is 0 Å². The first-order valence-electron chi connectivity index (χ1n) is 4.52. The van der Waals surface area contributed by atoms with Crippen LogP contribution in [-0.2, 0) is 0 Å². The number of para-hydroxylation sites is 1. The molecule has 0 spiro atoms. The molecule has 78 valence electrons. The van der Waals surface area contributed by atoms with Crippen molar-refractivity contribution < 1.29 is 21.7 Å². The summed E-state index contributed by atoms with van der Waals surface area (Å²) in [5.74, 6) is 0.790. The number of rotatable bonds is 2. The van der Waals surface area contributed by atoms with Gasteiger partial charge in [-0.15, -0.1) is 6.07 Å². The molecule has 0 saturated carbocycles. The summed E-state index contributed by atoms with van der Waals surface area (Å²) in [5.41, 5.74) is 2.23. The van der Waals surface area contributed by atoms with E-state index in [0.717, 1.165) is 16.9 Å². The molecule has 1 nitrogen and oxygen atoms in total. The molecule has 0 unspecified atom stereocenters. The zero-order valence-electron chi connectivity index (χ0n) is 9.11. The van der Waals surface area contributed by atoms with Crippen LogP contribution in [0.5, 0.6) is 5.75 Å². The maximum absolute atomic E-state index is 5.24. The van der Waals surface area contributed by atoms with Crippen LogP contribution in [0, 0.1) is 6.07 Å². The average Bonchev–Trinajstić information content (AvgIpc) is 2.30. The quantitative estimate of drug-likeness (QED) is 0.548. The molecule has 0 aliphatic heterocycles. The Labute approximate surface area is 123 Å². The van der Waals surface area contributed by atoms with E-state index < -0.39 is 0 Å². The second-order valence-electron chi connectivity index (χ2n) is 2.98. The molecule has 2 aromatic rings. The Balaban J connectivity index is 0.00000112. The molecule has 0 bridgehead atoms. The third-order valence-corrected chi connectivity index (χ3v) is 2.11. The molecular weight excluding hydrogens is 276 g/mol. The molecule has 0 saturated heterocycles. The number of halogens is 1. The minimum absolute atomic E-state index is 0. The zero-order valence-corrected chi connectivity index (χ0v) is 12.1. The fourth-order valence-electron chi connectivity index (χ4n) is 1.44. The van der Waals surface area contributed by atoms with E-state index in [9.17, 15) is 0 Å². The van der Waals surface area contributed by atoms with Gasteiger partial charge in [0.15, 0.2) is 0 Å². The molecule has 2 aromatic carbocycles. The topological polar surface area (TPSA) is 9.23 Å². The van der Waals surface area contributed by atoms with E-state index >= 15 is 0 Å². The van der Waals surface area contributed by atoms with E-state index in [0.29, 0.717) is 0 Å². The van der Waals surface area contributed by atoms with Crippen molar-refractivity contribution >= 4 is 23.1 Å². The van der Waals surface area contributed by atoms with E-state index in [4.69, 9.17) is 4.74 Å². The number of benzene rings is 2. The first-order chi connectivity index (χ1) is 6.92. The van der Waals surface area contributed by atoms with Crippen LogP contribution in [0.25, 0.3) is 11.1 Å². The van der Waals surface area contributed by atoms with Gasteiger partial charge in [0, 0.05) is 5.75 Å². The fraction of sp³-hybridized carbons (Fsp3) is 0.0769. The van der Waals surface area contributed by atoms with Gasteiger partial charge >= 0.3 is 23.1 Å². The molecule has 0 radical (unpaired) electrons. The normalized spacial score (nSPS) is 8.56. The second kappa shape index (κ2) is 7.71. The third kappa shape index (κ3) is 3.51. The van der Waals surface area contributed by atoms with Crippen LogP contribution in [0.15, 0.2) is 48.5 Å². The van der Waals surface area contributed by atoms with Crippen molar-refractivity contribution in [3.05, 3.63) is 54.6 Å². The van der Waals surface area contributed by atoms with Crippen LogP contribution in [0.4, 0.5) is 0 Å². The maximum atomic E-state index is 5.24. The van der Waals surface area contributed by atoms with E-state index in [1.54, 1.807) is 7.11 Å². The minimum Gasteiger partial charge on any atom is -1.00 e. The minimum atomic E-state index is 0. The average molecular weight is 287 g/mol. The molecule has 2 rings (SSSR count). The van der Waals surface area contributed by atoms with Crippen LogP contribution in [0.3, 0.4) is 0 Å². The Hall–Kier alpha value is -0.514. The largest absolute Gasteiger partial charge is 2.00 e. The van der Waals surface area contributed by atoms with Gasteiger partial charge in [-0.3, -0.25) is 0 Å². The van der Waals surface area contributed by atoms with Gasteiger partial charge in [-0.1, -0.05) is 41.5 Å². The summed E-state index contributed by atoms with van der Waals surface area (Å²) in [6.45, 7) is 0. The van der Waals surface area contributed by atoms with Crippen molar-refractivity contribution in [1.82, 2.24) is 0 Å². The van der Waals surface area contributed by atoms with Crippen molar-refractivity contribution in [3.63, 3.8) is 0 Å². The summed E-state index contributed by atoms with van der Waals surface area (Å²) in [5, 5.41) is 0. The summed E-state index contributed by atoms with van der Waals surface area (Å²) < 4.78 is 5.24. The van der Waals surface area contributed by atoms with Crippen LogP contribution >= 0.6 is 0 Å². The van der Waals surface area contributed by atoms with Crippen molar-refractivity contribution in [3.8, 4) is 16.9 Å². The van der Waals surface area contributed by atoms with E-state index in [1.165, 1.54) is 0 Å². The summed E-state index contributed by atoms with van der Waals surface area (Å²) in [7, 11) is 1.66. The summed E-state index contributed by atoms with van der Waals surface area (Å²) in [6.07, 6.45) is 0. The fourth-order valence-corrected chi connectivity index (χ4v) is 1.44. The van der Waals surface area contributed by atoms with E-state index in [2.05, 4.69) is 18.2 Å². The van der Waals surface area contributed by atoms with Crippen molar-refractivity contribution in [2.45, 2.75) is 0 Å². The summed E-state index contributed by atoms with van der Waals surface area (Å²) in [4.78, 5) is 0. The molecule has 0 aliphatic rings. The van der Waals surface area contributed by atoms with Crippen molar-refractivity contribution in [1.29, 1.82) is 0 Å². The molecule has 3 heteroatoms. The Bertz CT molecular complexity index is 417. The molecule has 0 atom stereocenters. The predicted octanol–water partition coefficient (Wildman–Crippen LogP) is -0.214. The molecular formula is C13H11BrMgO. The first kappa shape index (κ1) is 15.5. The Morgan fingerprint density at radius 3 is 2.31 bits per heavy atom. The van der Waals surface area contributed by atoms with Gasteiger partial charge in [0.2, 0.25) is 0 Å². The Kier molecular flexibility index (Phi) is 7.46. The van der Waals surface area contributed by atoms with Gasteiger partial charge in [-0.25, -0.2) is 0 Å². The van der Waals surface area contributed by atoms with Crippen LogP contribution in [0.2, 0.25) is 0 Å². The number of methoxy groups -OCH3 is 1. The first-order valence-corrected chi connectivity index (χ1v) is 4.52. The second-order valence-corrected chi connectivity index (χ2v) is 2.98. The molecule has 0 heterocycles. The molecule has 0 aromatic heterocycles. The van der Waals surface area contributed by atoms with Crippen LogP contribution in [-0.4, -0.2) is 30.2 Å². The molecule has 0 fully saturated rings. The molecule has 0 amide bonds. The van der Waals surface area contributed by atoms with Crippen molar-refractivity contribution in [2.24, 2.45) is 0 Å². The SMILES string of the molecule is COc1[c-]cccc1-c1ccccc1.[Br-].[Mg+2]. The molecule has 0 aliphatic carbocycles. The van der Waals surface area contributed by atoms with Crippen LogP contribution < -0.4 is 21.7 Å². The molecule has 0 N–H and O–H groups in total. The van der Waals surface area contributed by atoms with Gasteiger partial charge in [0.25, 0.3) is 0 Å². The predicted molar refractivity (Wildman–Crippen MR) is 63.0 cm³/mol. The van der Waals surface area contributed by atoms with E-state index in [1.807, 2.05) is 36.4 Å². The van der Waals surface area contributed by atoms with Crippen molar-refractivity contribution in [2.75, 3.05) is 7.11 Å². The van der Waals surface area contributed by atoms with Gasteiger partial charge < -0.3 is 21.7 Å². The van der Waals surface area contributed by atoms with Gasteiger partial charge in [0.05, 0.1) is 7.11 Å². The Morgan fingerprint density at radius 1 is 1.00 bits per heavy atom. The molecule has 16 heavy (non-hydrogen) atoms. The van der Waals surface area contributed by atoms with E-state index in [-0.39, 0.29) is 40.0 Å². The summed E-state index contributed by atoms with van der Waals surface area (Å²) in [6, 6.07) is 19.1. The zero-order chi connectivity index (χ0) is 9.80. The monoisotopic (exact) mass is 286 g/mol. The Morgan fingerprint density at radius 2 is 1.69 bits per heavy atom. The number of hydrogen-bond donors (Lipinski definition) is 0. The van der Waals surface area contributed by atoms with Gasteiger partial charge in [0.1, 0.15) is 0 Å². The van der Waals surface area contributed by atoms with Gasteiger partial charge in [-0.05, 0) is 0 Å². The number of hydrogen-bond acceptors (Lipinski definition) is 1. The maximum Gasteiger partial charge on any atom is 2.00 e. The number of ether oxygens (including phenoxy) is 1. The standard InChI is InChI=1S/C13H11O.BrH.Mg/c1-14-13-10-6-5-9-12(13)11-7-3-2-4-8-11;;/h2-9H,1H3;1H;/q-1;;+2/p-1. The van der Waals surface area contributed by atoms with Gasteiger partial charge in [-0.2, -0.15) is 18.2 Å². The summed E-state index contributed by atoms with van der Waals surface area (Å²) >= 11 is 0. The third-order valence-electron chi connectivity index (χ3n) is 2.11. The smallest absolute Gasteiger partial charge is 1.00 e.